The highest BCUT2D eigenvalue weighted by Gasteiger charge is 2.20. The van der Waals surface area contributed by atoms with Crippen molar-refractivity contribution in [1.82, 2.24) is 0 Å². The van der Waals surface area contributed by atoms with Gasteiger partial charge in [-0.05, 0) is 85.8 Å². The molecule has 35 heavy (non-hydrogen) atoms. The van der Waals surface area contributed by atoms with E-state index in [0.717, 1.165) is 35.8 Å². The maximum atomic E-state index is 3.80. The van der Waals surface area contributed by atoms with Crippen LogP contribution in [0.4, 0.5) is 0 Å². The minimum atomic E-state index is 0.941. The molecule has 0 nitrogen and oxygen atoms in total. The Hall–Kier alpha value is -2.26. The molecule has 2 aromatic carbocycles. The fraction of sp³-hybridized carbons (Fsp3) is 0.543. The summed E-state index contributed by atoms with van der Waals surface area (Å²) in [6, 6.07) is 17.8. The molecule has 0 atom stereocenters. The zero-order chi connectivity index (χ0) is 24.6. The van der Waals surface area contributed by atoms with Gasteiger partial charge in [0, 0.05) is 11.1 Å². The summed E-state index contributed by atoms with van der Waals surface area (Å²) in [6.07, 6.45) is 23.7. The molecule has 0 heterocycles. The Kier molecular flexibility index (Phi) is 12.8. The lowest BCUT2D eigenvalue weighted by Gasteiger charge is -2.28. The van der Waals surface area contributed by atoms with Crippen LogP contribution in [-0.4, -0.2) is 0 Å². The topological polar surface area (TPSA) is 0 Å². The molecule has 1 aliphatic carbocycles. The number of unbranched alkanes of at least 4 members (excludes halogenated alkanes) is 6. The Bertz CT molecular complexity index is 882. The molecule has 1 aliphatic rings. The highest BCUT2D eigenvalue weighted by atomic mass is 14.3. The quantitative estimate of drug-likeness (QED) is 0.147. The van der Waals surface area contributed by atoms with Crippen LogP contribution in [0.15, 0.2) is 61.2 Å². The van der Waals surface area contributed by atoms with E-state index in [0.29, 0.717) is 0 Å². The van der Waals surface area contributed by atoms with Gasteiger partial charge in [0.25, 0.3) is 0 Å². The van der Waals surface area contributed by atoms with Crippen LogP contribution in [0.3, 0.4) is 0 Å². The third-order valence-electron chi connectivity index (χ3n) is 7.91. The number of benzene rings is 2. The summed E-state index contributed by atoms with van der Waals surface area (Å²) < 4.78 is 0. The van der Waals surface area contributed by atoms with Crippen LogP contribution in [-0.2, 0) is 12.8 Å². The summed E-state index contributed by atoms with van der Waals surface area (Å²) in [6.45, 7) is 6.10. The standard InChI is InChI=1S/C35H48/c1-3-5-7-9-11-13-31-16-20-33(21-17-31)23-25-35-28-26-34(27-29-35)24-22-32-18-14-30(15-19-32)12-10-8-6-4-2/h3,16-17,20-21,26-30,32H,1,4-15,18-19,22,24H2,2H3. The predicted octanol–water partition coefficient (Wildman–Crippen LogP) is 10.1. The number of aryl methyl sites for hydroxylation is 2. The van der Waals surface area contributed by atoms with Gasteiger partial charge in [-0.1, -0.05) is 113 Å². The molecule has 0 N–H and O–H groups in total. The van der Waals surface area contributed by atoms with Crippen LogP contribution in [0.25, 0.3) is 0 Å². The van der Waals surface area contributed by atoms with E-state index < -0.39 is 0 Å². The third-order valence-corrected chi connectivity index (χ3v) is 7.91. The molecule has 0 bridgehead atoms. The molecule has 0 aliphatic heterocycles. The van der Waals surface area contributed by atoms with Crippen molar-refractivity contribution in [2.45, 2.75) is 110 Å². The number of hydrogen-bond acceptors (Lipinski definition) is 0. The van der Waals surface area contributed by atoms with E-state index in [1.165, 1.54) is 101 Å². The van der Waals surface area contributed by atoms with E-state index in [4.69, 9.17) is 0 Å². The van der Waals surface area contributed by atoms with Crippen molar-refractivity contribution in [3.63, 3.8) is 0 Å². The van der Waals surface area contributed by atoms with Crippen LogP contribution in [0.1, 0.15) is 119 Å². The van der Waals surface area contributed by atoms with Gasteiger partial charge in [-0.2, -0.15) is 0 Å². The summed E-state index contributed by atoms with van der Waals surface area (Å²) >= 11 is 0. The molecule has 1 fully saturated rings. The van der Waals surface area contributed by atoms with E-state index in [9.17, 15) is 0 Å². The second-order valence-corrected chi connectivity index (χ2v) is 10.8. The number of allylic oxidation sites excluding steroid dienone is 1. The zero-order valence-corrected chi connectivity index (χ0v) is 22.4. The Morgan fingerprint density at radius 2 is 1.20 bits per heavy atom. The molecule has 0 aromatic heterocycles. The summed E-state index contributed by atoms with van der Waals surface area (Å²) in [4.78, 5) is 0. The Morgan fingerprint density at radius 3 is 1.77 bits per heavy atom. The summed E-state index contributed by atoms with van der Waals surface area (Å²) in [5.74, 6) is 8.65. The molecule has 3 rings (SSSR count). The van der Waals surface area contributed by atoms with Gasteiger partial charge in [-0.3, -0.25) is 0 Å². The van der Waals surface area contributed by atoms with Gasteiger partial charge in [0.2, 0.25) is 0 Å². The lowest BCUT2D eigenvalue weighted by molar-refractivity contribution is 0.249. The maximum Gasteiger partial charge on any atom is 0.0249 e. The first kappa shape index (κ1) is 27.3. The fourth-order valence-electron chi connectivity index (χ4n) is 5.49. The zero-order valence-electron chi connectivity index (χ0n) is 22.4. The van der Waals surface area contributed by atoms with Crippen LogP contribution >= 0.6 is 0 Å². The molecule has 0 unspecified atom stereocenters. The third kappa shape index (κ3) is 10.9. The summed E-state index contributed by atoms with van der Waals surface area (Å²) in [7, 11) is 0. The van der Waals surface area contributed by atoms with E-state index in [2.05, 4.69) is 73.9 Å². The molecule has 0 saturated heterocycles. The second-order valence-electron chi connectivity index (χ2n) is 10.8. The molecule has 0 radical (unpaired) electrons. The van der Waals surface area contributed by atoms with Gasteiger partial charge >= 0.3 is 0 Å². The number of hydrogen-bond donors (Lipinski definition) is 0. The first-order chi connectivity index (χ1) is 17.3. The summed E-state index contributed by atoms with van der Waals surface area (Å²) in [5.41, 5.74) is 5.10. The molecule has 0 spiro atoms. The van der Waals surface area contributed by atoms with Crippen LogP contribution in [0, 0.1) is 23.7 Å². The van der Waals surface area contributed by atoms with Gasteiger partial charge in [0.1, 0.15) is 0 Å². The minimum absolute atomic E-state index is 0.941. The van der Waals surface area contributed by atoms with Gasteiger partial charge in [-0.15, -0.1) is 6.58 Å². The molecule has 2 aromatic rings. The monoisotopic (exact) mass is 468 g/mol. The van der Waals surface area contributed by atoms with E-state index >= 15 is 0 Å². The van der Waals surface area contributed by atoms with Gasteiger partial charge in [0.05, 0.1) is 0 Å². The van der Waals surface area contributed by atoms with E-state index in [1.807, 2.05) is 6.08 Å². The highest BCUT2D eigenvalue weighted by molar-refractivity contribution is 5.44. The Labute approximate surface area is 216 Å². The van der Waals surface area contributed by atoms with E-state index in [-0.39, 0.29) is 0 Å². The molecule has 0 heteroatoms. The first-order valence-corrected chi connectivity index (χ1v) is 14.6. The lowest BCUT2D eigenvalue weighted by atomic mass is 9.77. The Balaban J connectivity index is 1.35. The van der Waals surface area contributed by atoms with Crippen LogP contribution < -0.4 is 0 Å². The Morgan fingerprint density at radius 1 is 0.657 bits per heavy atom. The second kappa shape index (κ2) is 16.4. The molecule has 188 valence electrons. The van der Waals surface area contributed by atoms with Crippen LogP contribution in [0.5, 0.6) is 0 Å². The van der Waals surface area contributed by atoms with Gasteiger partial charge in [-0.25, -0.2) is 0 Å². The van der Waals surface area contributed by atoms with Crippen molar-refractivity contribution in [2.24, 2.45) is 11.8 Å². The van der Waals surface area contributed by atoms with Crippen molar-refractivity contribution in [3.8, 4) is 11.8 Å². The maximum absolute atomic E-state index is 3.80. The minimum Gasteiger partial charge on any atom is -0.103 e. The number of rotatable bonds is 14. The van der Waals surface area contributed by atoms with Crippen LogP contribution in [0.2, 0.25) is 0 Å². The van der Waals surface area contributed by atoms with E-state index in [1.54, 1.807) is 0 Å². The summed E-state index contributed by atoms with van der Waals surface area (Å²) in [5, 5.41) is 0. The predicted molar refractivity (Wildman–Crippen MR) is 154 cm³/mol. The van der Waals surface area contributed by atoms with Gasteiger partial charge in [0.15, 0.2) is 0 Å². The average Bonchev–Trinajstić information content (AvgIpc) is 2.90. The normalized spacial score (nSPS) is 17.5. The molecule has 0 amide bonds. The van der Waals surface area contributed by atoms with Crippen molar-refractivity contribution >= 4 is 0 Å². The van der Waals surface area contributed by atoms with Crippen molar-refractivity contribution < 1.29 is 0 Å². The molecular formula is C35H48. The fourth-order valence-corrected chi connectivity index (χ4v) is 5.49. The van der Waals surface area contributed by atoms with Crippen molar-refractivity contribution in [2.75, 3.05) is 0 Å². The average molecular weight is 469 g/mol. The van der Waals surface area contributed by atoms with Crippen molar-refractivity contribution in [3.05, 3.63) is 83.4 Å². The lowest BCUT2D eigenvalue weighted by Crippen LogP contribution is -2.15. The smallest absolute Gasteiger partial charge is 0.0249 e. The molecular weight excluding hydrogens is 420 g/mol. The highest BCUT2D eigenvalue weighted by Crippen LogP contribution is 2.34. The largest absolute Gasteiger partial charge is 0.103 e. The molecule has 1 saturated carbocycles. The van der Waals surface area contributed by atoms with Gasteiger partial charge < -0.3 is 0 Å². The van der Waals surface area contributed by atoms with Crippen molar-refractivity contribution in [1.29, 1.82) is 0 Å². The first-order valence-electron chi connectivity index (χ1n) is 14.6. The SMILES string of the molecule is C=CCCCCCc1ccc(C#Cc2ccc(CCC3CCC(CCCCCC)CC3)cc2)cc1.